The summed E-state index contributed by atoms with van der Waals surface area (Å²) in [4.78, 5) is 8.70. The minimum Gasteiger partial charge on any atom is -0.323 e. The summed E-state index contributed by atoms with van der Waals surface area (Å²) >= 11 is 0. The van der Waals surface area contributed by atoms with Crippen LogP contribution >= 0.6 is 0 Å². The number of nitrogens with one attached hydrogen (secondary N) is 2. The third kappa shape index (κ3) is 2.46. The smallest absolute Gasteiger partial charge is 0.254 e. The first-order chi connectivity index (χ1) is 11.3. The Bertz CT molecular complexity index is 826. The predicted octanol–water partition coefficient (Wildman–Crippen LogP) is 3.12. The fourth-order valence-corrected chi connectivity index (χ4v) is 3.51. The number of nitrogens with zero attached hydrogens (tertiary/aromatic N) is 5. The van der Waals surface area contributed by atoms with Crippen LogP contribution in [0.2, 0.25) is 0 Å². The van der Waals surface area contributed by atoms with Crippen LogP contribution in [-0.2, 0) is 6.42 Å². The van der Waals surface area contributed by atoms with Gasteiger partial charge in [-0.15, -0.1) is 0 Å². The molecule has 1 aliphatic rings. The molecule has 0 unspecified atom stereocenters. The van der Waals surface area contributed by atoms with Crippen molar-refractivity contribution >= 4 is 17.4 Å². The number of aryl methyl sites for hydroxylation is 1. The van der Waals surface area contributed by atoms with E-state index in [0.29, 0.717) is 11.7 Å². The van der Waals surface area contributed by atoms with E-state index in [1.807, 2.05) is 6.92 Å². The third-order valence-electron chi connectivity index (χ3n) is 4.72. The maximum Gasteiger partial charge on any atom is 0.254 e. The molecule has 0 atom stereocenters. The van der Waals surface area contributed by atoms with Gasteiger partial charge >= 0.3 is 0 Å². The van der Waals surface area contributed by atoms with Crippen molar-refractivity contribution in [2.45, 2.75) is 51.9 Å². The van der Waals surface area contributed by atoms with E-state index in [9.17, 15) is 0 Å². The highest BCUT2D eigenvalue weighted by Gasteiger charge is 2.20. The van der Waals surface area contributed by atoms with Gasteiger partial charge in [0.05, 0.1) is 0 Å². The van der Waals surface area contributed by atoms with Gasteiger partial charge in [-0.2, -0.15) is 19.7 Å². The monoisotopic (exact) mass is 311 g/mol. The second kappa shape index (κ2) is 5.64. The third-order valence-corrected chi connectivity index (χ3v) is 4.72. The van der Waals surface area contributed by atoms with E-state index in [2.05, 4.69) is 43.6 Å². The van der Waals surface area contributed by atoms with Crippen LogP contribution < -0.4 is 5.32 Å². The molecule has 1 aliphatic carbocycles. The number of fused-ring (bicyclic) bond motifs is 1. The van der Waals surface area contributed by atoms with E-state index in [4.69, 9.17) is 0 Å². The molecule has 0 amide bonds. The molecule has 0 radical (unpaired) electrons. The quantitative estimate of drug-likeness (QED) is 0.773. The van der Waals surface area contributed by atoms with E-state index >= 15 is 0 Å². The van der Waals surface area contributed by atoms with Gasteiger partial charge in [-0.1, -0.05) is 19.8 Å². The molecule has 3 aromatic heterocycles. The van der Waals surface area contributed by atoms with Gasteiger partial charge in [-0.05, 0) is 26.2 Å². The maximum atomic E-state index is 4.50. The van der Waals surface area contributed by atoms with Gasteiger partial charge in [0, 0.05) is 28.9 Å². The zero-order valence-electron chi connectivity index (χ0n) is 13.5. The lowest BCUT2D eigenvalue weighted by Gasteiger charge is -2.12. The van der Waals surface area contributed by atoms with Crippen LogP contribution in [0.15, 0.2) is 12.4 Å². The Hall–Kier alpha value is -2.44. The lowest BCUT2D eigenvalue weighted by atomic mass is 10.0. The van der Waals surface area contributed by atoms with Gasteiger partial charge < -0.3 is 5.32 Å². The molecule has 0 aromatic carbocycles. The largest absolute Gasteiger partial charge is 0.323 e. The van der Waals surface area contributed by atoms with Gasteiger partial charge in [0.25, 0.3) is 5.78 Å². The fourth-order valence-electron chi connectivity index (χ4n) is 3.51. The molecule has 7 heteroatoms. The molecular formula is C16H21N7. The van der Waals surface area contributed by atoms with E-state index < -0.39 is 0 Å². The summed E-state index contributed by atoms with van der Waals surface area (Å²) in [6.45, 7) is 4.12. The molecule has 7 nitrogen and oxygen atoms in total. The summed E-state index contributed by atoms with van der Waals surface area (Å²) in [6, 6.07) is 2.12. The molecule has 0 bridgehead atoms. The van der Waals surface area contributed by atoms with Crippen molar-refractivity contribution in [1.29, 1.82) is 0 Å². The Kier molecular flexibility index (Phi) is 3.48. The second-order valence-corrected chi connectivity index (χ2v) is 6.16. The van der Waals surface area contributed by atoms with Crippen LogP contribution in [0.25, 0.3) is 5.78 Å². The van der Waals surface area contributed by atoms with Crippen molar-refractivity contribution in [3.8, 4) is 0 Å². The summed E-state index contributed by atoms with van der Waals surface area (Å²) in [5.74, 6) is 2.95. The number of hydrogen-bond acceptors (Lipinski definition) is 5. The standard InChI is InChI=1S/C16H21N7/c1-3-12-10(2)19-16-17-9-18-23(16)15(12)20-14-8-13(21-22-14)11-6-4-5-7-11/h8-9,11H,3-7H2,1-2H3,(H2,20,21,22). The van der Waals surface area contributed by atoms with E-state index in [0.717, 1.165) is 29.3 Å². The second-order valence-electron chi connectivity index (χ2n) is 6.16. The molecule has 1 fully saturated rings. The Labute approximate surface area is 134 Å². The van der Waals surface area contributed by atoms with Gasteiger partial charge in [0.1, 0.15) is 12.1 Å². The Morgan fingerprint density at radius 1 is 1.35 bits per heavy atom. The van der Waals surface area contributed by atoms with Crippen molar-refractivity contribution < 1.29 is 0 Å². The van der Waals surface area contributed by atoms with E-state index in [1.54, 1.807) is 4.52 Å². The molecule has 2 N–H and O–H groups in total. The van der Waals surface area contributed by atoms with E-state index in [1.165, 1.54) is 37.7 Å². The average Bonchev–Trinajstić information content (AvgIpc) is 3.28. The highest BCUT2D eigenvalue weighted by Crippen LogP contribution is 2.34. The zero-order valence-corrected chi connectivity index (χ0v) is 13.5. The number of H-pyrrole nitrogens is 1. The summed E-state index contributed by atoms with van der Waals surface area (Å²) in [7, 11) is 0. The maximum absolute atomic E-state index is 4.50. The Morgan fingerprint density at radius 3 is 2.96 bits per heavy atom. The average molecular weight is 311 g/mol. The topological polar surface area (TPSA) is 83.8 Å². The Morgan fingerprint density at radius 2 is 2.17 bits per heavy atom. The number of aromatic nitrogens is 6. The summed E-state index contributed by atoms with van der Waals surface area (Å²) in [6.07, 6.45) is 7.54. The molecular weight excluding hydrogens is 290 g/mol. The van der Waals surface area contributed by atoms with Crippen LogP contribution in [0.5, 0.6) is 0 Å². The summed E-state index contributed by atoms with van der Waals surface area (Å²) < 4.78 is 1.75. The van der Waals surface area contributed by atoms with Gasteiger partial charge in [-0.3, -0.25) is 5.10 Å². The summed E-state index contributed by atoms with van der Waals surface area (Å²) in [5, 5.41) is 15.3. The normalized spacial score (nSPS) is 15.6. The highest BCUT2D eigenvalue weighted by molar-refractivity contribution is 5.60. The van der Waals surface area contributed by atoms with Gasteiger partial charge in [0.2, 0.25) is 0 Å². The van der Waals surface area contributed by atoms with Gasteiger partial charge in [-0.25, -0.2) is 4.98 Å². The van der Waals surface area contributed by atoms with Crippen molar-refractivity contribution in [3.05, 3.63) is 29.3 Å². The molecule has 3 heterocycles. The van der Waals surface area contributed by atoms with Gasteiger partial charge in [0.15, 0.2) is 5.82 Å². The van der Waals surface area contributed by atoms with E-state index in [-0.39, 0.29) is 0 Å². The molecule has 120 valence electrons. The number of hydrogen-bond donors (Lipinski definition) is 2. The summed E-state index contributed by atoms with van der Waals surface area (Å²) in [5.41, 5.74) is 3.33. The first-order valence-corrected chi connectivity index (χ1v) is 8.27. The van der Waals surface area contributed by atoms with Crippen LogP contribution in [0.3, 0.4) is 0 Å². The molecule has 0 aliphatic heterocycles. The van der Waals surface area contributed by atoms with Crippen molar-refractivity contribution in [2.24, 2.45) is 0 Å². The molecule has 0 spiro atoms. The number of anilines is 2. The lowest BCUT2D eigenvalue weighted by Crippen LogP contribution is -2.08. The molecule has 4 rings (SSSR count). The molecule has 1 saturated carbocycles. The molecule has 0 saturated heterocycles. The van der Waals surface area contributed by atoms with Crippen LogP contribution in [0, 0.1) is 6.92 Å². The minimum absolute atomic E-state index is 0.605. The molecule has 23 heavy (non-hydrogen) atoms. The molecule has 3 aromatic rings. The first kappa shape index (κ1) is 14.2. The Balaban J connectivity index is 1.70. The predicted molar refractivity (Wildman–Crippen MR) is 88.0 cm³/mol. The van der Waals surface area contributed by atoms with Crippen LogP contribution in [0.1, 0.15) is 55.5 Å². The SMILES string of the molecule is CCc1c(C)nc2ncnn2c1Nc1cc(C2CCCC2)[nH]n1. The lowest BCUT2D eigenvalue weighted by molar-refractivity contribution is 0.693. The van der Waals surface area contributed by atoms with Crippen molar-refractivity contribution in [2.75, 3.05) is 5.32 Å². The highest BCUT2D eigenvalue weighted by atomic mass is 15.4. The van der Waals surface area contributed by atoms with Crippen LogP contribution in [0.4, 0.5) is 11.6 Å². The first-order valence-electron chi connectivity index (χ1n) is 8.27. The minimum atomic E-state index is 0.605. The van der Waals surface area contributed by atoms with Crippen molar-refractivity contribution in [1.82, 2.24) is 29.8 Å². The zero-order chi connectivity index (χ0) is 15.8. The van der Waals surface area contributed by atoms with Crippen LogP contribution in [-0.4, -0.2) is 29.8 Å². The van der Waals surface area contributed by atoms with Crippen molar-refractivity contribution in [3.63, 3.8) is 0 Å². The number of aromatic amines is 1. The fraction of sp³-hybridized carbons (Fsp3) is 0.500. The number of rotatable bonds is 4.